The van der Waals surface area contributed by atoms with Gasteiger partial charge in [0, 0.05) is 13.1 Å². The van der Waals surface area contributed by atoms with Crippen LogP contribution in [-0.2, 0) is 13.1 Å². The van der Waals surface area contributed by atoms with E-state index >= 15 is 0 Å². The molecular formula is C16H17F2N. The summed E-state index contributed by atoms with van der Waals surface area (Å²) in [5.41, 5.74) is 2.00. The number of nitrogens with zero attached hydrogens (tertiary/aromatic N) is 1. The molecule has 0 saturated heterocycles. The SMILES string of the molecule is CCN(Cc1ccc(F)cc1)Cc1cccc(F)c1. The van der Waals surface area contributed by atoms with Crippen molar-refractivity contribution >= 4 is 0 Å². The second-order valence-corrected chi connectivity index (χ2v) is 4.56. The standard InChI is InChI=1S/C16H17F2N/c1-2-19(11-13-6-8-15(17)9-7-13)12-14-4-3-5-16(18)10-14/h3-10H,2,11-12H2,1H3. The summed E-state index contributed by atoms with van der Waals surface area (Å²) in [6.45, 7) is 4.33. The minimum Gasteiger partial charge on any atom is -0.295 e. The van der Waals surface area contributed by atoms with Gasteiger partial charge < -0.3 is 0 Å². The van der Waals surface area contributed by atoms with Crippen LogP contribution in [0.25, 0.3) is 0 Å². The average molecular weight is 261 g/mol. The summed E-state index contributed by atoms with van der Waals surface area (Å²) in [4.78, 5) is 2.18. The maximum absolute atomic E-state index is 13.1. The van der Waals surface area contributed by atoms with Crippen LogP contribution in [0.2, 0.25) is 0 Å². The minimum atomic E-state index is -0.225. The van der Waals surface area contributed by atoms with E-state index in [0.717, 1.165) is 24.2 Å². The number of hydrogen-bond donors (Lipinski definition) is 0. The van der Waals surface area contributed by atoms with Crippen LogP contribution in [0.3, 0.4) is 0 Å². The molecule has 0 aliphatic heterocycles. The molecule has 0 saturated carbocycles. The lowest BCUT2D eigenvalue weighted by molar-refractivity contribution is 0.271. The highest BCUT2D eigenvalue weighted by atomic mass is 19.1. The highest BCUT2D eigenvalue weighted by Gasteiger charge is 2.06. The summed E-state index contributed by atoms with van der Waals surface area (Å²) in [5, 5.41) is 0. The molecule has 0 spiro atoms. The van der Waals surface area contributed by atoms with Gasteiger partial charge in [0.1, 0.15) is 11.6 Å². The summed E-state index contributed by atoms with van der Waals surface area (Å²) in [6.07, 6.45) is 0. The zero-order valence-electron chi connectivity index (χ0n) is 10.9. The Morgan fingerprint density at radius 2 is 1.53 bits per heavy atom. The van der Waals surface area contributed by atoms with Crippen molar-refractivity contribution in [1.29, 1.82) is 0 Å². The first-order chi connectivity index (χ1) is 9.17. The van der Waals surface area contributed by atoms with Crippen molar-refractivity contribution in [3.8, 4) is 0 Å². The number of rotatable bonds is 5. The highest BCUT2D eigenvalue weighted by Crippen LogP contribution is 2.11. The smallest absolute Gasteiger partial charge is 0.123 e. The van der Waals surface area contributed by atoms with Crippen molar-refractivity contribution in [3.63, 3.8) is 0 Å². The van der Waals surface area contributed by atoms with E-state index in [9.17, 15) is 8.78 Å². The zero-order valence-corrected chi connectivity index (χ0v) is 10.9. The van der Waals surface area contributed by atoms with E-state index in [-0.39, 0.29) is 11.6 Å². The molecule has 0 amide bonds. The second kappa shape index (κ2) is 6.43. The lowest BCUT2D eigenvalue weighted by Crippen LogP contribution is -2.22. The molecule has 0 fully saturated rings. The number of halogens is 2. The summed E-state index contributed by atoms with van der Waals surface area (Å²) in [5.74, 6) is -0.438. The van der Waals surface area contributed by atoms with Crippen molar-refractivity contribution in [2.24, 2.45) is 0 Å². The maximum atomic E-state index is 13.1. The molecule has 2 rings (SSSR count). The first-order valence-corrected chi connectivity index (χ1v) is 6.38. The lowest BCUT2D eigenvalue weighted by atomic mass is 10.1. The Labute approximate surface area is 112 Å². The predicted molar refractivity (Wildman–Crippen MR) is 72.6 cm³/mol. The molecule has 1 nitrogen and oxygen atoms in total. The van der Waals surface area contributed by atoms with Crippen molar-refractivity contribution in [3.05, 3.63) is 71.3 Å². The molecule has 0 unspecified atom stereocenters. The van der Waals surface area contributed by atoms with Gasteiger partial charge in [-0.25, -0.2) is 8.78 Å². The quantitative estimate of drug-likeness (QED) is 0.786. The van der Waals surface area contributed by atoms with Gasteiger partial charge in [-0.05, 0) is 41.9 Å². The van der Waals surface area contributed by atoms with Gasteiger partial charge in [0.15, 0.2) is 0 Å². The monoisotopic (exact) mass is 261 g/mol. The normalized spacial score (nSPS) is 10.9. The molecular weight excluding hydrogens is 244 g/mol. The molecule has 0 N–H and O–H groups in total. The minimum absolute atomic E-state index is 0.213. The predicted octanol–water partition coefficient (Wildman–Crippen LogP) is 3.99. The largest absolute Gasteiger partial charge is 0.295 e. The molecule has 100 valence electrons. The highest BCUT2D eigenvalue weighted by molar-refractivity contribution is 5.18. The van der Waals surface area contributed by atoms with Crippen LogP contribution in [-0.4, -0.2) is 11.4 Å². The first kappa shape index (κ1) is 13.7. The fourth-order valence-corrected chi connectivity index (χ4v) is 2.02. The molecule has 0 bridgehead atoms. The van der Waals surface area contributed by atoms with Crippen molar-refractivity contribution < 1.29 is 8.78 Å². The Bertz CT molecular complexity index is 523. The van der Waals surface area contributed by atoms with Gasteiger partial charge >= 0.3 is 0 Å². The Balaban J connectivity index is 2.02. The van der Waals surface area contributed by atoms with Crippen LogP contribution < -0.4 is 0 Å². The molecule has 3 heteroatoms. The molecule has 0 aromatic heterocycles. The molecule has 0 radical (unpaired) electrons. The fourth-order valence-electron chi connectivity index (χ4n) is 2.02. The molecule has 0 aliphatic carbocycles. The summed E-state index contributed by atoms with van der Waals surface area (Å²) >= 11 is 0. The number of hydrogen-bond acceptors (Lipinski definition) is 1. The van der Waals surface area contributed by atoms with Gasteiger partial charge in [0.05, 0.1) is 0 Å². The van der Waals surface area contributed by atoms with E-state index < -0.39 is 0 Å². The van der Waals surface area contributed by atoms with Gasteiger partial charge in [-0.2, -0.15) is 0 Å². The summed E-state index contributed by atoms with van der Waals surface area (Å²) in [6, 6.07) is 13.1. The van der Waals surface area contributed by atoms with Gasteiger partial charge in [-0.3, -0.25) is 4.90 Å². The summed E-state index contributed by atoms with van der Waals surface area (Å²) < 4.78 is 26.0. The van der Waals surface area contributed by atoms with Crippen LogP contribution in [0.4, 0.5) is 8.78 Å². The second-order valence-electron chi connectivity index (χ2n) is 4.56. The first-order valence-electron chi connectivity index (χ1n) is 6.38. The fraction of sp³-hybridized carbons (Fsp3) is 0.250. The Hall–Kier alpha value is -1.74. The maximum Gasteiger partial charge on any atom is 0.123 e. The zero-order chi connectivity index (χ0) is 13.7. The van der Waals surface area contributed by atoms with Gasteiger partial charge in [-0.1, -0.05) is 31.2 Å². The summed E-state index contributed by atoms with van der Waals surface area (Å²) in [7, 11) is 0. The van der Waals surface area contributed by atoms with Crippen molar-refractivity contribution in [2.75, 3.05) is 6.54 Å². The van der Waals surface area contributed by atoms with E-state index in [1.807, 2.05) is 6.07 Å². The molecule has 2 aromatic rings. The lowest BCUT2D eigenvalue weighted by Gasteiger charge is -2.20. The van der Waals surface area contributed by atoms with Gasteiger partial charge in [0.2, 0.25) is 0 Å². The van der Waals surface area contributed by atoms with Crippen LogP contribution >= 0.6 is 0 Å². The molecule has 19 heavy (non-hydrogen) atoms. The third-order valence-corrected chi connectivity index (χ3v) is 3.06. The van der Waals surface area contributed by atoms with E-state index in [4.69, 9.17) is 0 Å². The third kappa shape index (κ3) is 4.14. The topological polar surface area (TPSA) is 3.24 Å². The molecule has 0 heterocycles. The van der Waals surface area contributed by atoms with Gasteiger partial charge in [-0.15, -0.1) is 0 Å². The Morgan fingerprint density at radius 3 is 2.16 bits per heavy atom. The Morgan fingerprint density at radius 1 is 0.842 bits per heavy atom. The van der Waals surface area contributed by atoms with Crippen molar-refractivity contribution in [1.82, 2.24) is 4.90 Å². The van der Waals surface area contributed by atoms with Gasteiger partial charge in [0.25, 0.3) is 0 Å². The van der Waals surface area contributed by atoms with Crippen LogP contribution in [0.5, 0.6) is 0 Å². The van der Waals surface area contributed by atoms with E-state index in [0.29, 0.717) is 6.54 Å². The van der Waals surface area contributed by atoms with E-state index in [1.165, 1.54) is 18.2 Å². The average Bonchev–Trinajstić information content (AvgIpc) is 2.40. The van der Waals surface area contributed by atoms with Crippen LogP contribution in [0.1, 0.15) is 18.1 Å². The third-order valence-electron chi connectivity index (χ3n) is 3.06. The van der Waals surface area contributed by atoms with E-state index in [2.05, 4.69) is 11.8 Å². The molecule has 0 atom stereocenters. The van der Waals surface area contributed by atoms with Crippen LogP contribution in [0.15, 0.2) is 48.5 Å². The molecule has 0 aliphatic rings. The van der Waals surface area contributed by atoms with E-state index in [1.54, 1.807) is 24.3 Å². The molecule has 2 aromatic carbocycles. The van der Waals surface area contributed by atoms with Crippen molar-refractivity contribution in [2.45, 2.75) is 20.0 Å². The number of benzene rings is 2. The Kier molecular flexibility index (Phi) is 4.63. The van der Waals surface area contributed by atoms with Crippen LogP contribution in [0, 0.1) is 11.6 Å².